The van der Waals surface area contributed by atoms with Crippen molar-refractivity contribution in [2.45, 2.75) is 45.2 Å². The third-order valence-electron chi connectivity index (χ3n) is 4.74. The highest BCUT2D eigenvalue weighted by molar-refractivity contribution is 5.68. The number of rotatable bonds is 6. The second kappa shape index (κ2) is 7.82. The van der Waals surface area contributed by atoms with Crippen molar-refractivity contribution in [3.05, 3.63) is 41.2 Å². The number of nitrogens with one attached hydrogen (secondary N) is 2. The molecule has 2 heterocycles. The average Bonchev–Trinajstić information content (AvgIpc) is 3.04. The monoisotopic (exact) mass is 361 g/mol. The maximum absolute atomic E-state index is 13.3. The molecule has 0 aliphatic carbocycles. The number of carboxylic acids is 1. The van der Waals surface area contributed by atoms with Crippen LogP contribution in [-0.2, 0) is 11.2 Å². The molecule has 2 aromatic rings. The number of carboxylic acid groups (broad SMARTS) is 1. The average molecular weight is 361 g/mol. The number of aromatic nitrogens is 3. The normalized spacial score (nSPS) is 16.7. The Hall–Kier alpha value is -2.48. The van der Waals surface area contributed by atoms with Crippen LogP contribution in [0.4, 0.5) is 10.1 Å². The third kappa shape index (κ3) is 4.37. The van der Waals surface area contributed by atoms with Crippen LogP contribution in [0.5, 0.6) is 0 Å². The zero-order chi connectivity index (χ0) is 18.7. The Bertz CT molecular complexity index is 771. The zero-order valence-corrected chi connectivity index (χ0v) is 15.0. The molecular weight excluding hydrogens is 337 g/mol. The highest BCUT2D eigenvalue weighted by Gasteiger charge is 2.23. The van der Waals surface area contributed by atoms with Crippen molar-refractivity contribution in [3.8, 4) is 0 Å². The van der Waals surface area contributed by atoms with Gasteiger partial charge < -0.3 is 15.3 Å². The predicted molar refractivity (Wildman–Crippen MR) is 95.6 cm³/mol. The number of anilines is 1. The highest BCUT2D eigenvalue weighted by Crippen LogP contribution is 2.25. The van der Waals surface area contributed by atoms with Crippen LogP contribution < -0.4 is 10.2 Å². The molecule has 3 rings (SSSR count). The molecule has 0 radical (unpaired) electrons. The minimum atomic E-state index is -0.934. The van der Waals surface area contributed by atoms with Gasteiger partial charge in [-0.25, -0.2) is 9.37 Å². The maximum Gasteiger partial charge on any atom is 0.311 e. The third-order valence-corrected chi connectivity index (χ3v) is 4.74. The van der Waals surface area contributed by atoms with Crippen LogP contribution in [0.15, 0.2) is 18.2 Å². The number of hydrogen-bond donors (Lipinski definition) is 3. The summed E-state index contributed by atoms with van der Waals surface area (Å²) in [5.41, 5.74) is 2.04. The minimum Gasteiger partial charge on any atom is -0.481 e. The van der Waals surface area contributed by atoms with Crippen LogP contribution >= 0.6 is 0 Å². The SMILES string of the molecule is Cc1cc(F)ccc1N1CCC(NC(C)c2n[nH]c(CC(=O)O)n2)CC1. The Balaban J connectivity index is 1.53. The number of piperidine rings is 1. The number of aryl methyl sites for hydroxylation is 1. The molecule has 1 fully saturated rings. The summed E-state index contributed by atoms with van der Waals surface area (Å²) < 4.78 is 13.3. The Kier molecular flexibility index (Phi) is 5.51. The van der Waals surface area contributed by atoms with Crippen molar-refractivity contribution in [1.82, 2.24) is 20.5 Å². The van der Waals surface area contributed by atoms with E-state index in [1.807, 2.05) is 19.9 Å². The van der Waals surface area contributed by atoms with Crippen molar-refractivity contribution in [2.75, 3.05) is 18.0 Å². The summed E-state index contributed by atoms with van der Waals surface area (Å²) >= 11 is 0. The molecule has 1 aromatic heterocycles. The van der Waals surface area contributed by atoms with Crippen LogP contribution in [0.1, 0.15) is 43.0 Å². The van der Waals surface area contributed by atoms with Crippen LogP contribution in [0, 0.1) is 12.7 Å². The molecule has 1 aliphatic heterocycles. The Labute approximate surface area is 151 Å². The van der Waals surface area contributed by atoms with Gasteiger partial charge in [-0.1, -0.05) is 0 Å². The minimum absolute atomic E-state index is 0.0575. The molecule has 8 heteroatoms. The van der Waals surface area contributed by atoms with E-state index < -0.39 is 5.97 Å². The Morgan fingerprint density at radius 3 is 2.85 bits per heavy atom. The van der Waals surface area contributed by atoms with Crippen LogP contribution in [-0.4, -0.2) is 45.4 Å². The van der Waals surface area contributed by atoms with Gasteiger partial charge in [-0.2, -0.15) is 5.10 Å². The molecule has 0 saturated carbocycles. The lowest BCUT2D eigenvalue weighted by atomic mass is 10.0. The number of H-pyrrole nitrogens is 1. The van der Waals surface area contributed by atoms with E-state index in [-0.39, 0.29) is 18.3 Å². The Morgan fingerprint density at radius 1 is 1.46 bits per heavy atom. The molecule has 3 N–H and O–H groups in total. The van der Waals surface area contributed by atoms with Gasteiger partial charge in [0.25, 0.3) is 0 Å². The van der Waals surface area contributed by atoms with Crippen LogP contribution in [0.3, 0.4) is 0 Å². The van der Waals surface area contributed by atoms with Crippen molar-refractivity contribution in [1.29, 1.82) is 0 Å². The summed E-state index contributed by atoms with van der Waals surface area (Å²) in [6.07, 6.45) is 1.77. The molecule has 1 aromatic carbocycles. The van der Waals surface area contributed by atoms with E-state index >= 15 is 0 Å². The quantitative estimate of drug-likeness (QED) is 0.730. The van der Waals surface area contributed by atoms with Crippen molar-refractivity contribution >= 4 is 11.7 Å². The first-order chi connectivity index (χ1) is 12.4. The van der Waals surface area contributed by atoms with Gasteiger partial charge in [0.05, 0.1) is 6.04 Å². The molecule has 140 valence electrons. The van der Waals surface area contributed by atoms with E-state index in [0.29, 0.717) is 17.7 Å². The number of benzene rings is 1. The molecule has 1 aliphatic rings. The van der Waals surface area contributed by atoms with Crippen LogP contribution in [0.25, 0.3) is 0 Å². The molecule has 1 saturated heterocycles. The molecule has 26 heavy (non-hydrogen) atoms. The summed E-state index contributed by atoms with van der Waals surface area (Å²) in [4.78, 5) is 17.3. The lowest BCUT2D eigenvalue weighted by Gasteiger charge is -2.35. The van der Waals surface area contributed by atoms with Gasteiger partial charge in [0.2, 0.25) is 0 Å². The van der Waals surface area contributed by atoms with Crippen LogP contribution in [0.2, 0.25) is 0 Å². The fourth-order valence-electron chi connectivity index (χ4n) is 3.41. The second-order valence-corrected chi connectivity index (χ2v) is 6.79. The van der Waals surface area contributed by atoms with Gasteiger partial charge in [-0.05, 0) is 50.5 Å². The summed E-state index contributed by atoms with van der Waals surface area (Å²) in [5, 5.41) is 19.1. The van der Waals surface area contributed by atoms with E-state index in [4.69, 9.17) is 5.11 Å². The molecule has 0 bridgehead atoms. The number of carbonyl (C=O) groups is 1. The van der Waals surface area contributed by atoms with E-state index in [9.17, 15) is 9.18 Å². The summed E-state index contributed by atoms with van der Waals surface area (Å²) in [7, 11) is 0. The van der Waals surface area contributed by atoms with Crippen molar-refractivity contribution < 1.29 is 14.3 Å². The maximum atomic E-state index is 13.3. The van der Waals surface area contributed by atoms with Crippen molar-refractivity contribution in [3.63, 3.8) is 0 Å². The largest absolute Gasteiger partial charge is 0.481 e. The fraction of sp³-hybridized carbons (Fsp3) is 0.500. The smallest absolute Gasteiger partial charge is 0.311 e. The summed E-state index contributed by atoms with van der Waals surface area (Å²) in [5.74, 6) is -0.192. The van der Waals surface area contributed by atoms with Gasteiger partial charge in [0, 0.05) is 24.8 Å². The number of hydrogen-bond acceptors (Lipinski definition) is 5. The van der Waals surface area contributed by atoms with Gasteiger partial charge in [-0.3, -0.25) is 9.89 Å². The first-order valence-corrected chi connectivity index (χ1v) is 8.82. The zero-order valence-electron chi connectivity index (χ0n) is 15.0. The first-order valence-electron chi connectivity index (χ1n) is 8.82. The molecular formula is C18H24FN5O2. The number of halogens is 1. The van der Waals surface area contributed by atoms with Gasteiger partial charge in [0.15, 0.2) is 5.82 Å². The van der Waals surface area contributed by atoms with Gasteiger partial charge >= 0.3 is 5.97 Å². The van der Waals surface area contributed by atoms with E-state index in [1.54, 1.807) is 6.07 Å². The molecule has 0 amide bonds. The topological polar surface area (TPSA) is 94.1 Å². The molecule has 7 nitrogen and oxygen atoms in total. The van der Waals surface area contributed by atoms with E-state index in [0.717, 1.165) is 37.2 Å². The molecule has 0 spiro atoms. The number of aromatic amines is 1. The second-order valence-electron chi connectivity index (χ2n) is 6.79. The standard InChI is InChI=1S/C18H24FN5O2/c1-11-9-13(19)3-4-15(11)24-7-5-14(6-8-24)20-12(2)18-21-16(22-23-18)10-17(25)26/h3-4,9,12,14,20H,5-8,10H2,1-2H3,(H,25,26)(H,21,22,23). The number of nitrogens with zero attached hydrogens (tertiary/aromatic N) is 3. The first kappa shape index (κ1) is 18.3. The summed E-state index contributed by atoms with van der Waals surface area (Å²) in [6, 6.07) is 5.20. The highest BCUT2D eigenvalue weighted by atomic mass is 19.1. The summed E-state index contributed by atoms with van der Waals surface area (Å²) in [6.45, 7) is 5.71. The van der Waals surface area contributed by atoms with Gasteiger partial charge in [0.1, 0.15) is 18.1 Å². The fourth-order valence-corrected chi connectivity index (χ4v) is 3.41. The predicted octanol–water partition coefficient (Wildman–Crippen LogP) is 2.20. The van der Waals surface area contributed by atoms with Crippen molar-refractivity contribution in [2.24, 2.45) is 0 Å². The lowest BCUT2D eigenvalue weighted by molar-refractivity contribution is -0.136. The lowest BCUT2D eigenvalue weighted by Crippen LogP contribution is -2.43. The number of aliphatic carboxylic acids is 1. The molecule has 1 atom stereocenters. The molecule has 1 unspecified atom stereocenters. The Morgan fingerprint density at radius 2 is 2.19 bits per heavy atom. The van der Waals surface area contributed by atoms with E-state index in [2.05, 4.69) is 25.4 Å². The van der Waals surface area contributed by atoms with E-state index in [1.165, 1.54) is 6.07 Å². The van der Waals surface area contributed by atoms with Gasteiger partial charge in [-0.15, -0.1) is 0 Å².